The van der Waals surface area contributed by atoms with Gasteiger partial charge in [-0.2, -0.15) is 0 Å². The average molecular weight is 325 g/mol. The van der Waals surface area contributed by atoms with E-state index >= 15 is 0 Å². The van der Waals surface area contributed by atoms with Gasteiger partial charge in [-0.3, -0.25) is 4.79 Å². The van der Waals surface area contributed by atoms with Crippen LogP contribution in [0.4, 0.5) is 4.39 Å². The van der Waals surface area contributed by atoms with E-state index in [4.69, 9.17) is 9.47 Å². The van der Waals surface area contributed by atoms with Gasteiger partial charge in [0, 0.05) is 18.0 Å². The molecule has 0 aliphatic rings. The van der Waals surface area contributed by atoms with Gasteiger partial charge in [-0.05, 0) is 30.3 Å². The fourth-order valence-electron chi connectivity index (χ4n) is 2.07. The number of carbonyl (C=O) groups is 1. The van der Waals surface area contributed by atoms with Crippen molar-refractivity contribution in [3.63, 3.8) is 0 Å². The summed E-state index contributed by atoms with van der Waals surface area (Å²) >= 11 is 0. The molecule has 0 aliphatic carbocycles. The van der Waals surface area contributed by atoms with Gasteiger partial charge in [-0.1, -0.05) is 0 Å². The summed E-state index contributed by atoms with van der Waals surface area (Å²) in [5, 5.41) is 0. The summed E-state index contributed by atoms with van der Waals surface area (Å²) in [6, 6.07) is 7.73. The Morgan fingerprint density at radius 3 is 2.50 bits per heavy atom. The highest BCUT2D eigenvalue weighted by molar-refractivity contribution is 5.75. The van der Waals surface area contributed by atoms with Crippen LogP contribution in [0.5, 0.6) is 17.5 Å². The highest BCUT2D eigenvalue weighted by Gasteiger charge is 2.17. The van der Waals surface area contributed by atoms with Crippen LogP contribution in [0, 0.1) is 5.82 Å². The maximum absolute atomic E-state index is 13.6. The first-order valence-corrected chi connectivity index (χ1v) is 6.95. The molecule has 0 fully saturated rings. The van der Waals surface area contributed by atoms with E-state index in [1.807, 2.05) is 0 Å². The number of rotatable bonds is 5. The predicted octanol–water partition coefficient (Wildman–Crippen LogP) is 3.29. The lowest BCUT2D eigenvalue weighted by Gasteiger charge is -2.11. The van der Waals surface area contributed by atoms with Crippen molar-refractivity contribution in [2.45, 2.75) is 0 Å². The van der Waals surface area contributed by atoms with Gasteiger partial charge < -0.3 is 9.47 Å². The minimum absolute atomic E-state index is 0.169. The summed E-state index contributed by atoms with van der Waals surface area (Å²) in [6.45, 7) is 0. The SMILES string of the molecule is COc1ncc(F)cc1-c1nccnc1Oc1ccc(C=O)cc1. The van der Waals surface area contributed by atoms with E-state index in [0.717, 1.165) is 12.5 Å². The van der Waals surface area contributed by atoms with Gasteiger partial charge in [0.25, 0.3) is 0 Å². The van der Waals surface area contributed by atoms with Gasteiger partial charge in [0.2, 0.25) is 11.8 Å². The summed E-state index contributed by atoms with van der Waals surface area (Å²) in [7, 11) is 1.43. The quantitative estimate of drug-likeness (QED) is 0.670. The van der Waals surface area contributed by atoms with Crippen LogP contribution in [0.1, 0.15) is 10.4 Å². The minimum atomic E-state index is -0.530. The number of pyridine rings is 1. The molecule has 6 nitrogen and oxygen atoms in total. The molecular weight excluding hydrogens is 313 g/mol. The Morgan fingerprint density at radius 1 is 1.04 bits per heavy atom. The minimum Gasteiger partial charge on any atom is -0.481 e. The Kier molecular flexibility index (Phi) is 4.42. The number of hydrogen-bond donors (Lipinski definition) is 0. The zero-order chi connectivity index (χ0) is 16.9. The fraction of sp³-hybridized carbons (Fsp3) is 0.0588. The third-order valence-electron chi connectivity index (χ3n) is 3.16. The molecule has 3 aromatic rings. The van der Waals surface area contributed by atoms with Gasteiger partial charge in [-0.15, -0.1) is 0 Å². The highest BCUT2D eigenvalue weighted by Crippen LogP contribution is 2.34. The summed E-state index contributed by atoms with van der Waals surface area (Å²) in [5.41, 5.74) is 1.14. The first-order valence-electron chi connectivity index (χ1n) is 6.95. The van der Waals surface area contributed by atoms with Crippen LogP contribution < -0.4 is 9.47 Å². The van der Waals surface area contributed by atoms with Crippen molar-refractivity contribution in [2.24, 2.45) is 0 Å². The highest BCUT2D eigenvalue weighted by atomic mass is 19.1. The lowest BCUT2D eigenvalue weighted by molar-refractivity contribution is 0.112. The second-order valence-electron chi connectivity index (χ2n) is 4.71. The van der Waals surface area contributed by atoms with E-state index in [2.05, 4.69) is 15.0 Å². The van der Waals surface area contributed by atoms with Crippen LogP contribution in [-0.4, -0.2) is 28.3 Å². The van der Waals surface area contributed by atoms with Crippen LogP contribution in [0.15, 0.2) is 48.9 Å². The number of aromatic nitrogens is 3. The number of nitrogens with zero attached hydrogens (tertiary/aromatic N) is 3. The molecule has 1 aromatic carbocycles. The van der Waals surface area contributed by atoms with Crippen LogP contribution in [0.25, 0.3) is 11.3 Å². The van der Waals surface area contributed by atoms with E-state index in [0.29, 0.717) is 22.6 Å². The standard InChI is InChI=1S/C17H12FN3O3/c1-23-16-14(8-12(18)9-21-16)15-17(20-7-6-19-15)24-13-4-2-11(10-22)3-5-13/h2-10H,1H3. The average Bonchev–Trinajstić information content (AvgIpc) is 2.63. The Labute approximate surface area is 136 Å². The van der Waals surface area contributed by atoms with Gasteiger partial charge in [0.15, 0.2) is 0 Å². The second-order valence-corrected chi connectivity index (χ2v) is 4.71. The van der Waals surface area contributed by atoms with E-state index in [1.165, 1.54) is 25.6 Å². The maximum atomic E-state index is 13.6. The predicted molar refractivity (Wildman–Crippen MR) is 83.7 cm³/mol. The fourth-order valence-corrected chi connectivity index (χ4v) is 2.07. The molecule has 2 heterocycles. The molecule has 3 rings (SSSR count). The molecule has 120 valence electrons. The van der Waals surface area contributed by atoms with Crippen LogP contribution in [-0.2, 0) is 0 Å². The Morgan fingerprint density at radius 2 is 1.79 bits per heavy atom. The Balaban J connectivity index is 2.02. The van der Waals surface area contributed by atoms with Gasteiger partial charge >= 0.3 is 0 Å². The molecule has 2 aromatic heterocycles. The number of aldehydes is 1. The van der Waals surface area contributed by atoms with Crippen molar-refractivity contribution in [3.05, 3.63) is 60.3 Å². The van der Waals surface area contributed by atoms with Crippen LogP contribution in [0.2, 0.25) is 0 Å². The lowest BCUT2D eigenvalue weighted by atomic mass is 10.2. The molecular formula is C17H12FN3O3. The number of ether oxygens (including phenoxy) is 2. The Hall–Kier alpha value is -3.35. The number of carbonyl (C=O) groups excluding carboxylic acids is 1. The number of halogens is 1. The zero-order valence-corrected chi connectivity index (χ0v) is 12.6. The van der Waals surface area contributed by atoms with E-state index < -0.39 is 5.82 Å². The lowest BCUT2D eigenvalue weighted by Crippen LogP contribution is -1.98. The van der Waals surface area contributed by atoms with Gasteiger partial charge in [0.05, 0.1) is 18.9 Å². The van der Waals surface area contributed by atoms with Crippen molar-refractivity contribution in [3.8, 4) is 28.8 Å². The number of hydrogen-bond acceptors (Lipinski definition) is 6. The van der Waals surface area contributed by atoms with Crippen molar-refractivity contribution < 1.29 is 18.7 Å². The largest absolute Gasteiger partial charge is 0.481 e. The summed E-state index contributed by atoms with van der Waals surface area (Å²) in [4.78, 5) is 22.9. The molecule has 24 heavy (non-hydrogen) atoms. The number of methoxy groups -OCH3 is 1. The molecule has 0 saturated heterocycles. The number of benzene rings is 1. The van der Waals surface area contributed by atoms with Crippen molar-refractivity contribution in [2.75, 3.05) is 7.11 Å². The molecule has 0 aliphatic heterocycles. The van der Waals surface area contributed by atoms with E-state index in [-0.39, 0.29) is 11.8 Å². The van der Waals surface area contributed by atoms with E-state index in [1.54, 1.807) is 24.3 Å². The maximum Gasteiger partial charge on any atom is 0.246 e. The molecule has 0 bridgehead atoms. The van der Waals surface area contributed by atoms with Crippen molar-refractivity contribution >= 4 is 6.29 Å². The summed E-state index contributed by atoms with van der Waals surface area (Å²) < 4.78 is 24.4. The normalized spacial score (nSPS) is 10.2. The smallest absolute Gasteiger partial charge is 0.246 e. The topological polar surface area (TPSA) is 74.2 Å². The van der Waals surface area contributed by atoms with Crippen LogP contribution >= 0.6 is 0 Å². The molecule has 7 heteroatoms. The van der Waals surface area contributed by atoms with Crippen molar-refractivity contribution in [1.82, 2.24) is 15.0 Å². The monoisotopic (exact) mass is 325 g/mol. The third-order valence-corrected chi connectivity index (χ3v) is 3.16. The summed E-state index contributed by atoms with van der Waals surface area (Å²) in [6.07, 6.45) is 4.71. The Bertz CT molecular complexity index is 869. The van der Waals surface area contributed by atoms with Gasteiger partial charge in [0.1, 0.15) is 23.5 Å². The van der Waals surface area contributed by atoms with E-state index in [9.17, 15) is 9.18 Å². The molecule has 0 unspecified atom stereocenters. The molecule has 0 saturated carbocycles. The first-order chi connectivity index (χ1) is 11.7. The van der Waals surface area contributed by atoms with Crippen LogP contribution in [0.3, 0.4) is 0 Å². The molecule has 0 radical (unpaired) electrons. The first kappa shape index (κ1) is 15.5. The van der Waals surface area contributed by atoms with Crippen molar-refractivity contribution in [1.29, 1.82) is 0 Å². The molecule has 0 amide bonds. The molecule has 0 atom stereocenters. The summed E-state index contributed by atoms with van der Waals surface area (Å²) in [5.74, 6) is 0.309. The zero-order valence-electron chi connectivity index (χ0n) is 12.6. The molecule has 0 spiro atoms. The third kappa shape index (κ3) is 3.19. The second kappa shape index (κ2) is 6.82. The molecule has 0 N–H and O–H groups in total. The van der Waals surface area contributed by atoms with Gasteiger partial charge in [-0.25, -0.2) is 19.3 Å².